The van der Waals surface area contributed by atoms with Gasteiger partial charge in [-0.05, 0) is 13.0 Å². The normalized spacial score (nSPS) is 10.1. The molecule has 0 unspecified atom stereocenters. The van der Waals surface area contributed by atoms with Crippen molar-refractivity contribution in [2.75, 3.05) is 18.1 Å². The third kappa shape index (κ3) is 4.55. The summed E-state index contributed by atoms with van der Waals surface area (Å²) in [7, 11) is 0. The summed E-state index contributed by atoms with van der Waals surface area (Å²) >= 11 is 1.68. The first-order valence-corrected chi connectivity index (χ1v) is 6.35. The summed E-state index contributed by atoms with van der Waals surface area (Å²) in [5.74, 6) is 3.82. The Morgan fingerprint density at radius 1 is 1.71 bits per heavy atom. The smallest absolute Gasteiger partial charge is 0.372 e. The number of hydrogen-bond donors (Lipinski definition) is 2. The van der Waals surface area contributed by atoms with Crippen LogP contribution in [0.5, 0.6) is 0 Å². The third-order valence-electron chi connectivity index (χ3n) is 2.07. The molecule has 1 aromatic rings. The number of rotatable bonds is 7. The van der Waals surface area contributed by atoms with E-state index in [1.165, 1.54) is 0 Å². The minimum atomic E-state index is -1.03. The average Bonchev–Trinajstić information content (AvgIpc) is 2.65. The van der Waals surface area contributed by atoms with E-state index in [0.29, 0.717) is 23.6 Å². The molecule has 1 rings (SSSR count). The van der Waals surface area contributed by atoms with Gasteiger partial charge in [-0.25, -0.2) is 4.79 Å². The molecule has 0 aromatic carbocycles. The molecular formula is C12H15NO3S. The van der Waals surface area contributed by atoms with E-state index in [-0.39, 0.29) is 5.76 Å². The zero-order valence-electron chi connectivity index (χ0n) is 9.66. The first kappa shape index (κ1) is 13.7. The summed E-state index contributed by atoms with van der Waals surface area (Å²) in [6, 6.07) is 1.74. The van der Waals surface area contributed by atoms with Crippen molar-refractivity contribution in [1.82, 2.24) is 5.32 Å². The first-order valence-electron chi connectivity index (χ1n) is 5.19. The van der Waals surface area contributed by atoms with Gasteiger partial charge in [-0.2, -0.15) is 0 Å². The maximum absolute atomic E-state index is 10.7. The molecule has 0 aliphatic rings. The van der Waals surface area contributed by atoms with Gasteiger partial charge in [0.05, 0.1) is 12.3 Å². The van der Waals surface area contributed by atoms with Gasteiger partial charge >= 0.3 is 5.97 Å². The van der Waals surface area contributed by atoms with Crippen molar-refractivity contribution in [1.29, 1.82) is 0 Å². The number of aryl methyl sites for hydroxylation is 1. The molecule has 0 saturated heterocycles. The number of carbonyl (C=O) groups is 1. The fourth-order valence-corrected chi connectivity index (χ4v) is 1.89. The molecule has 17 heavy (non-hydrogen) atoms. The van der Waals surface area contributed by atoms with E-state index >= 15 is 0 Å². The first-order chi connectivity index (χ1) is 8.15. The highest BCUT2D eigenvalue weighted by Crippen LogP contribution is 2.14. The second-order valence-electron chi connectivity index (χ2n) is 3.46. The number of terminal acetylenes is 1. The molecule has 2 N–H and O–H groups in total. The number of aromatic carboxylic acids is 1. The molecule has 5 heteroatoms. The summed E-state index contributed by atoms with van der Waals surface area (Å²) in [5.41, 5.74) is 0.649. The van der Waals surface area contributed by atoms with Crippen molar-refractivity contribution >= 4 is 17.7 Å². The van der Waals surface area contributed by atoms with Crippen molar-refractivity contribution in [2.24, 2.45) is 0 Å². The van der Waals surface area contributed by atoms with E-state index in [2.05, 4.69) is 11.2 Å². The molecule has 0 bridgehead atoms. The Morgan fingerprint density at radius 3 is 3.06 bits per heavy atom. The Morgan fingerprint density at radius 2 is 2.47 bits per heavy atom. The monoisotopic (exact) mass is 253 g/mol. The van der Waals surface area contributed by atoms with E-state index in [4.69, 9.17) is 15.9 Å². The maximum atomic E-state index is 10.7. The van der Waals surface area contributed by atoms with Crippen LogP contribution in [-0.2, 0) is 6.54 Å². The summed E-state index contributed by atoms with van der Waals surface area (Å²) < 4.78 is 5.20. The third-order valence-corrected chi connectivity index (χ3v) is 2.93. The van der Waals surface area contributed by atoms with Gasteiger partial charge in [-0.3, -0.25) is 0 Å². The molecule has 4 nitrogen and oxygen atoms in total. The molecule has 92 valence electrons. The van der Waals surface area contributed by atoms with Crippen LogP contribution in [0.25, 0.3) is 0 Å². The average molecular weight is 253 g/mol. The zero-order valence-corrected chi connectivity index (χ0v) is 10.5. The highest BCUT2D eigenvalue weighted by Gasteiger charge is 2.13. The Balaban J connectivity index is 2.30. The van der Waals surface area contributed by atoms with Crippen LogP contribution in [0.2, 0.25) is 0 Å². The molecule has 0 saturated carbocycles. The topological polar surface area (TPSA) is 62.5 Å². The summed E-state index contributed by atoms with van der Waals surface area (Å²) in [6.45, 7) is 3.07. The molecule has 0 amide bonds. The van der Waals surface area contributed by atoms with Crippen LogP contribution in [0.3, 0.4) is 0 Å². The molecule has 1 heterocycles. The van der Waals surface area contributed by atoms with Gasteiger partial charge in [0.25, 0.3) is 0 Å². The molecule has 0 atom stereocenters. The van der Waals surface area contributed by atoms with Crippen LogP contribution in [0.1, 0.15) is 21.9 Å². The Hall–Kier alpha value is -1.38. The number of carboxylic acids is 1. The lowest BCUT2D eigenvalue weighted by atomic mass is 10.2. The number of thioether (sulfide) groups is 1. The Bertz CT molecular complexity index is 420. The van der Waals surface area contributed by atoms with E-state index in [1.807, 2.05) is 0 Å². The lowest BCUT2D eigenvalue weighted by Gasteiger charge is -2.00. The van der Waals surface area contributed by atoms with Crippen molar-refractivity contribution in [2.45, 2.75) is 13.5 Å². The van der Waals surface area contributed by atoms with Crippen molar-refractivity contribution < 1.29 is 14.3 Å². The quantitative estimate of drug-likeness (QED) is 0.572. The largest absolute Gasteiger partial charge is 0.475 e. The van der Waals surface area contributed by atoms with Crippen LogP contribution in [0.15, 0.2) is 10.5 Å². The van der Waals surface area contributed by atoms with Crippen LogP contribution >= 0.6 is 11.8 Å². The second kappa shape index (κ2) is 7.05. The molecule has 0 aliphatic heterocycles. The van der Waals surface area contributed by atoms with E-state index < -0.39 is 5.97 Å². The van der Waals surface area contributed by atoms with E-state index in [0.717, 1.165) is 12.3 Å². The van der Waals surface area contributed by atoms with Gasteiger partial charge < -0.3 is 14.8 Å². The van der Waals surface area contributed by atoms with Crippen molar-refractivity contribution in [3.05, 3.63) is 23.2 Å². The van der Waals surface area contributed by atoms with Crippen LogP contribution in [0, 0.1) is 19.3 Å². The van der Waals surface area contributed by atoms with Gasteiger partial charge in [0, 0.05) is 17.9 Å². The number of carboxylic acid groups (broad SMARTS) is 1. The van der Waals surface area contributed by atoms with E-state index in [9.17, 15) is 4.79 Å². The lowest BCUT2D eigenvalue weighted by molar-refractivity contribution is 0.0659. The predicted molar refractivity (Wildman–Crippen MR) is 68.3 cm³/mol. The van der Waals surface area contributed by atoms with Crippen LogP contribution < -0.4 is 5.32 Å². The highest BCUT2D eigenvalue weighted by atomic mass is 32.2. The number of hydrogen-bond acceptors (Lipinski definition) is 4. The molecule has 0 fully saturated rings. The molecule has 0 spiro atoms. The SMILES string of the molecule is C#CCSCCNCc1cc(C)c(C(=O)O)o1. The summed E-state index contributed by atoms with van der Waals surface area (Å²) in [5, 5.41) is 12.0. The minimum Gasteiger partial charge on any atom is -0.475 e. The predicted octanol–water partition coefficient (Wildman–Crippen LogP) is 1.74. The number of nitrogens with one attached hydrogen (secondary N) is 1. The Kier molecular flexibility index (Phi) is 5.67. The summed E-state index contributed by atoms with van der Waals surface area (Å²) in [4.78, 5) is 10.7. The van der Waals surface area contributed by atoms with Gasteiger partial charge in [0.1, 0.15) is 5.76 Å². The van der Waals surface area contributed by atoms with Gasteiger partial charge in [0.2, 0.25) is 5.76 Å². The maximum Gasteiger partial charge on any atom is 0.372 e. The summed E-state index contributed by atoms with van der Waals surface area (Å²) in [6.07, 6.45) is 5.12. The van der Waals surface area contributed by atoms with Gasteiger partial charge in [-0.15, -0.1) is 18.2 Å². The molecular weight excluding hydrogens is 238 g/mol. The molecule has 1 aromatic heterocycles. The Labute approximate surface area is 105 Å². The number of furan rings is 1. The van der Waals surface area contributed by atoms with E-state index in [1.54, 1.807) is 24.8 Å². The van der Waals surface area contributed by atoms with Gasteiger partial charge in [-0.1, -0.05) is 5.92 Å². The second-order valence-corrected chi connectivity index (χ2v) is 4.57. The zero-order chi connectivity index (χ0) is 12.7. The molecule has 0 aliphatic carbocycles. The lowest BCUT2D eigenvalue weighted by Crippen LogP contribution is -2.16. The van der Waals surface area contributed by atoms with Crippen LogP contribution in [0.4, 0.5) is 0 Å². The van der Waals surface area contributed by atoms with Crippen LogP contribution in [-0.4, -0.2) is 29.1 Å². The highest BCUT2D eigenvalue weighted by molar-refractivity contribution is 7.99. The van der Waals surface area contributed by atoms with Crippen molar-refractivity contribution in [3.63, 3.8) is 0 Å². The fraction of sp³-hybridized carbons (Fsp3) is 0.417. The minimum absolute atomic E-state index is 0.0171. The fourth-order valence-electron chi connectivity index (χ4n) is 1.33. The standard InChI is InChI=1S/C12H15NO3S/c1-3-5-17-6-4-13-8-10-7-9(2)11(16-10)12(14)15/h1,7,13H,4-6,8H2,2H3,(H,14,15). The molecule has 0 radical (unpaired) electrons. The van der Waals surface area contributed by atoms with Gasteiger partial charge in [0.15, 0.2) is 0 Å². The van der Waals surface area contributed by atoms with Crippen molar-refractivity contribution in [3.8, 4) is 12.3 Å².